The Morgan fingerprint density at radius 2 is 2.10 bits per heavy atom. The molecule has 0 fully saturated rings. The minimum Gasteiger partial charge on any atom is -0.486 e. The van der Waals surface area contributed by atoms with Gasteiger partial charge >= 0.3 is 0 Å². The highest BCUT2D eigenvalue weighted by Gasteiger charge is 2.09. The van der Waals surface area contributed by atoms with E-state index in [0.717, 1.165) is 11.1 Å². The maximum absolute atomic E-state index is 13.1. The number of rotatable bonds is 3. The van der Waals surface area contributed by atoms with Crippen LogP contribution in [0.3, 0.4) is 0 Å². The molecule has 0 bridgehead atoms. The Bertz CT molecular complexity index is 672. The number of anilines is 1. The SMILES string of the molecule is Cc1cc(C#N)ccc1COc1c(N)cc(F)cc1Br. The van der Waals surface area contributed by atoms with Crippen LogP contribution in [-0.2, 0) is 6.61 Å². The van der Waals surface area contributed by atoms with Crippen LogP contribution in [0.4, 0.5) is 10.1 Å². The van der Waals surface area contributed by atoms with Crippen LogP contribution in [0.2, 0.25) is 0 Å². The number of nitriles is 1. The summed E-state index contributed by atoms with van der Waals surface area (Å²) in [5, 5.41) is 8.82. The summed E-state index contributed by atoms with van der Waals surface area (Å²) in [6.45, 7) is 2.20. The molecule has 102 valence electrons. The summed E-state index contributed by atoms with van der Waals surface area (Å²) in [5.74, 6) is -0.00793. The van der Waals surface area contributed by atoms with E-state index in [-0.39, 0.29) is 5.69 Å². The van der Waals surface area contributed by atoms with Gasteiger partial charge in [-0.3, -0.25) is 0 Å². The number of halogens is 2. The number of nitrogens with two attached hydrogens (primary N) is 1. The Hall–Kier alpha value is -2.06. The third-order valence-corrected chi connectivity index (χ3v) is 3.47. The molecule has 0 heterocycles. The van der Waals surface area contributed by atoms with Crippen molar-refractivity contribution >= 4 is 21.6 Å². The molecule has 0 radical (unpaired) electrons. The molecule has 0 aliphatic heterocycles. The van der Waals surface area contributed by atoms with Crippen molar-refractivity contribution in [3.63, 3.8) is 0 Å². The Kier molecular flexibility index (Phi) is 4.26. The molecule has 2 rings (SSSR count). The molecule has 2 aromatic carbocycles. The third kappa shape index (κ3) is 3.09. The molecule has 2 N–H and O–H groups in total. The Balaban J connectivity index is 2.20. The molecule has 0 amide bonds. The summed E-state index contributed by atoms with van der Waals surface area (Å²) in [7, 11) is 0. The van der Waals surface area contributed by atoms with Crippen LogP contribution in [0.25, 0.3) is 0 Å². The van der Waals surface area contributed by atoms with Crippen molar-refractivity contribution in [1.29, 1.82) is 5.26 Å². The summed E-state index contributed by atoms with van der Waals surface area (Å²) in [4.78, 5) is 0. The number of benzene rings is 2. The van der Waals surface area contributed by atoms with Crippen molar-refractivity contribution in [1.82, 2.24) is 0 Å². The summed E-state index contributed by atoms with van der Waals surface area (Å²) < 4.78 is 19.2. The van der Waals surface area contributed by atoms with E-state index < -0.39 is 5.82 Å². The van der Waals surface area contributed by atoms with E-state index in [2.05, 4.69) is 22.0 Å². The van der Waals surface area contributed by atoms with Crippen molar-refractivity contribution in [3.8, 4) is 11.8 Å². The molecule has 0 unspecified atom stereocenters. The minimum atomic E-state index is -0.420. The fourth-order valence-corrected chi connectivity index (χ4v) is 2.37. The first kappa shape index (κ1) is 14.4. The van der Waals surface area contributed by atoms with Crippen LogP contribution in [0.1, 0.15) is 16.7 Å². The van der Waals surface area contributed by atoms with Gasteiger partial charge in [-0.15, -0.1) is 0 Å². The maximum Gasteiger partial charge on any atom is 0.157 e. The van der Waals surface area contributed by atoms with Crippen molar-refractivity contribution in [2.45, 2.75) is 13.5 Å². The zero-order chi connectivity index (χ0) is 14.7. The lowest BCUT2D eigenvalue weighted by atomic mass is 10.1. The van der Waals surface area contributed by atoms with E-state index in [1.165, 1.54) is 12.1 Å². The molecular weight excluding hydrogens is 323 g/mol. The van der Waals surface area contributed by atoms with E-state index in [0.29, 0.717) is 22.4 Å². The molecule has 0 saturated carbocycles. The van der Waals surface area contributed by atoms with E-state index in [9.17, 15) is 4.39 Å². The van der Waals surface area contributed by atoms with Gasteiger partial charge in [-0.1, -0.05) is 6.07 Å². The highest BCUT2D eigenvalue weighted by atomic mass is 79.9. The third-order valence-electron chi connectivity index (χ3n) is 2.88. The quantitative estimate of drug-likeness (QED) is 0.865. The topological polar surface area (TPSA) is 59.0 Å². The number of hydrogen-bond donors (Lipinski definition) is 1. The molecule has 0 atom stereocenters. The lowest BCUT2D eigenvalue weighted by Crippen LogP contribution is -2.02. The van der Waals surface area contributed by atoms with Gasteiger partial charge in [0, 0.05) is 6.07 Å². The highest BCUT2D eigenvalue weighted by Crippen LogP contribution is 2.33. The average Bonchev–Trinajstić information content (AvgIpc) is 2.39. The van der Waals surface area contributed by atoms with Crippen molar-refractivity contribution < 1.29 is 9.13 Å². The molecule has 0 saturated heterocycles. The lowest BCUT2D eigenvalue weighted by molar-refractivity contribution is 0.304. The van der Waals surface area contributed by atoms with Gasteiger partial charge in [0.25, 0.3) is 0 Å². The standard InChI is InChI=1S/C15H12BrFN2O/c1-9-4-10(7-18)2-3-11(9)8-20-15-13(16)5-12(17)6-14(15)19/h2-6H,8,19H2,1H3. The van der Waals surface area contributed by atoms with Gasteiger partial charge in [-0.2, -0.15) is 5.26 Å². The van der Waals surface area contributed by atoms with E-state index >= 15 is 0 Å². The van der Waals surface area contributed by atoms with Gasteiger partial charge in [-0.05, 0) is 52.2 Å². The number of nitrogens with zero attached hydrogens (tertiary/aromatic N) is 1. The second-order valence-electron chi connectivity index (χ2n) is 4.35. The first-order valence-electron chi connectivity index (χ1n) is 5.88. The fourth-order valence-electron chi connectivity index (χ4n) is 1.81. The van der Waals surface area contributed by atoms with E-state index in [1.807, 2.05) is 13.0 Å². The zero-order valence-corrected chi connectivity index (χ0v) is 12.4. The Morgan fingerprint density at radius 1 is 1.35 bits per heavy atom. The van der Waals surface area contributed by atoms with Crippen LogP contribution < -0.4 is 10.5 Å². The largest absolute Gasteiger partial charge is 0.486 e. The molecule has 3 nitrogen and oxygen atoms in total. The number of nitrogen functional groups attached to an aromatic ring is 1. The summed E-state index contributed by atoms with van der Waals surface area (Å²) in [6.07, 6.45) is 0. The highest BCUT2D eigenvalue weighted by molar-refractivity contribution is 9.10. The number of aryl methyl sites for hydroxylation is 1. The lowest BCUT2D eigenvalue weighted by Gasteiger charge is -2.12. The zero-order valence-electron chi connectivity index (χ0n) is 10.8. The predicted octanol–water partition coefficient (Wildman–Crippen LogP) is 3.93. The molecule has 0 aliphatic carbocycles. The van der Waals surface area contributed by atoms with Gasteiger partial charge in [0.2, 0.25) is 0 Å². The second kappa shape index (κ2) is 5.93. The van der Waals surface area contributed by atoms with E-state index in [4.69, 9.17) is 15.7 Å². The van der Waals surface area contributed by atoms with Crippen molar-refractivity contribution in [3.05, 3.63) is 57.3 Å². The maximum atomic E-state index is 13.1. The minimum absolute atomic E-state index is 0.239. The molecular formula is C15H12BrFN2O. The number of hydrogen-bond acceptors (Lipinski definition) is 3. The van der Waals surface area contributed by atoms with Gasteiger partial charge in [0.15, 0.2) is 5.75 Å². The van der Waals surface area contributed by atoms with Crippen LogP contribution in [-0.4, -0.2) is 0 Å². The van der Waals surface area contributed by atoms with Crippen LogP contribution in [0.15, 0.2) is 34.8 Å². The Morgan fingerprint density at radius 3 is 2.70 bits per heavy atom. The summed E-state index contributed by atoms with van der Waals surface area (Å²) in [6, 6.07) is 9.96. The van der Waals surface area contributed by atoms with Gasteiger partial charge in [-0.25, -0.2) is 4.39 Å². The van der Waals surface area contributed by atoms with E-state index in [1.54, 1.807) is 12.1 Å². The molecule has 0 aromatic heterocycles. The fraction of sp³-hybridized carbons (Fsp3) is 0.133. The van der Waals surface area contributed by atoms with Gasteiger partial charge in [0.05, 0.1) is 21.8 Å². The van der Waals surface area contributed by atoms with Crippen LogP contribution in [0, 0.1) is 24.1 Å². The molecule has 2 aromatic rings. The van der Waals surface area contributed by atoms with Crippen molar-refractivity contribution in [2.24, 2.45) is 0 Å². The van der Waals surface area contributed by atoms with Gasteiger partial charge in [0.1, 0.15) is 12.4 Å². The van der Waals surface area contributed by atoms with Crippen LogP contribution in [0.5, 0.6) is 5.75 Å². The average molecular weight is 335 g/mol. The molecule has 0 aliphatic rings. The second-order valence-corrected chi connectivity index (χ2v) is 5.20. The summed E-state index contributed by atoms with van der Waals surface area (Å²) >= 11 is 3.22. The first-order valence-corrected chi connectivity index (χ1v) is 6.67. The van der Waals surface area contributed by atoms with Crippen molar-refractivity contribution in [2.75, 3.05) is 5.73 Å². The Labute approximate surface area is 124 Å². The predicted molar refractivity (Wildman–Crippen MR) is 78.7 cm³/mol. The van der Waals surface area contributed by atoms with Crippen LogP contribution >= 0.6 is 15.9 Å². The molecule has 5 heteroatoms. The smallest absolute Gasteiger partial charge is 0.157 e. The normalized spacial score (nSPS) is 10.1. The molecule has 0 spiro atoms. The monoisotopic (exact) mass is 334 g/mol. The molecule has 20 heavy (non-hydrogen) atoms. The first-order chi connectivity index (χ1) is 9.51. The summed E-state index contributed by atoms with van der Waals surface area (Å²) in [5.41, 5.74) is 8.48. The number of ether oxygens (including phenoxy) is 1. The van der Waals surface area contributed by atoms with Gasteiger partial charge < -0.3 is 10.5 Å².